The number of anilines is 1. The highest BCUT2D eigenvalue weighted by Gasteiger charge is 2.33. The molecule has 0 aliphatic carbocycles. The molecule has 0 spiro atoms. The maximum Gasteiger partial charge on any atom is 0.270 e. The van der Waals surface area contributed by atoms with Gasteiger partial charge in [-0.25, -0.2) is 0 Å². The normalized spacial score (nSPS) is 17.0. The second-order valence-electron chi connectivity index (χ2n) is 4.14. The summed E-state index contributed by atoms with van der Waals surface area (Å²) in [5.74, 6) is 0.463. The number of benzene rings is 1. The number of carbonyl (C=O) groups is 1. The number of halogens is 2. The Balaban J connectivity index is 1.94. The number of thioether (sulfide) groups is 1. The van der Waals surface area contributed by atoms with E-state index in [0.717, 1.165) is 3.77 Å². The fourth-order valence-electron chi connectivity index (χ4n) is 1.84. The van der Waals surface area contributed by atoms with Crippen LogP contribution in [0.3, 0.4) is 0 Å². The van der Waals surface area contributed by atoms with Gasteiger partial charge in [-0.05, 0) is 52.9 Å². The Kier molecular flexibility index (Phi) is 4.39. The van der Waals surface area contributed by atoms with E-state index in [0.29, 0.717) is 25.7 Å². The minimum Gasteiger partial charge on any atom is -0.451 e. The number of rotatable bonds is 2. The fourth-order valence-corrected chi connectivity index (χ4v) is 3.74. The van der Waals surface area contributed by atoms with Crippen LogP contribution in [-0.2, 0) is 4.79 Å². The molecule has 2 aromatic rings. The van der Waals surface area contributed by atoms with Crippen LogP contribution in [0.4, 0.5) is 5.69 Å². The summed E-state index contributed by atoms with van der Waals surface area (Å²) in [5.41, 5.74) is 0.669. The number of furan rings is 1. The average Bonchev–Trinajstić information content (AvgIpc) is 2.94. The first-order valence-corrected chi connectivity index (χ1v) is 8.51. The monoisotopic (exact) mass is 447 g/mol. The molecule has 1 amide bonds. The van der Waals surface area contributed by atoms with Gasteiger partial charge in [0.25, 0.3) is 5.91 Å². The predicted octanol–water partition coefficient (Wildman–Crippen LogP) is 4.94. The molecule has 1 aromatic carbocycles. The zero-order valence-electron chi connectivity index (χ0n) is 10.4. The lowest BCUT2D eigenvalue weighted by atomic mass is 10.3. The lowest BCUT2D eigenvalue weighted by Crippen LogP contribution is -2.27. The van der Waals surface area contributed by atoms with Crippen molar-refractivity contribution in [2.75, 3.05) is 4.90 Å². The zero-order chi connectivity index (χ0) is 15.0. The molecule has 1 fully saturated rings. The second kappa shape index (κ2) is 6.12. The summed E-state index contributed by atoms with van der Waals surface area (Å²) in [4.78, 5) is 14.5. The third kappa shape index (κ3) is 3.18. The topological polar surface area (TPSA) is 33.5 Å². The van der Waals surface area contributed by atoms with Crippen LogP contribution in [-0.4, -0.2) is 10.2 Å². The summed E-state index contributed by atoms with van der Waals surface area (Å²) >= 11 is 14.6. The van der Waals surface area contributed by atoms with Crippen molar-refractivity contribution in [1.29, 1.82) is 0 Å². The van der Waals surface area contributed by atoms with E-state index in [4.69, 9.17) is 28.2 Å². The molecule has 0 atom stereocenters. The van der Waals surface area contributed by atoms with E-state index in [2.05, 4.69) is 22.6 Å². The van der Waals surface area contributed by atoms with Gasteiger partial charge in [0.05, 0.1) is 10.6 Å². The van der Waals surface area contributed by atoms with Crippen LogP contribution < -0.4 is 4.90 Å². The summed E-state index contributed by atoms with van der Waals surface area (Å²) in [6.07, 6.45) is 1.70. The molecule has 0 unspecified atom stereocenters. The highest BCUT2D eigenvalue weighted by molar-refractivity contribution is 14.1. The Morgan fingerprint density at radius 2 is 2.14 bits per heavy atom. The van der Waals surface area contributed by atoms with Gasteiger partial charge in [-0.2, -0.15) is 0 Å². The van der Waals surface area contributed by atoms with Crippen LogP contribution in [0.5, 0.6) is 0 Å². The van der Waals surface area contributed by atoms with Crippen molar-refractivity contribution < 1.29 is 9.21 Å². The van der Waals surface area contributed by atoms with Crippen molar-refractivity contribution in [2.24, 2.45) is 0 Å². The van der Waals surface area contributed by atoms with Crippen LogP contribution in [0.1, 0.15) is 5.76 Å². The average molecular weight is 448 g/mol. The van der Waals surface area contributed by atoms with E-state index in [1.54, 1.807) is 30.3 Å². The Labute approximate surface area is 149 Å². The third-order valence-corrected chi connectivity index (χ3v) is 4.84. The molecule has 2 heterocycles. The van der Waals surface area contributed by atoms with Gasteiger partial charge in [0.15, 0.2) is 8.09 Å². The second-order valence-corrected chi connectivity index (χ2v) is 7.31. The summed E-state index contributed by atoms with van der Waals surface area (Å²) in [7, 11) is 0. The van der Waals surface area contributed by atoms with Crippen LogP contribution >= 0.6 is 58.2 Å². The van der Waals surface area contributed by atoms with Crippen LogP contribution in [0.2, 0.25) is 5.02 Å². The molecule has 0 bridgehead atoms. The number of hydrogen-bond donors (Lipinski definition) is 0. The molecular formula is C14H7ClINO2S2. The SMILES string of the molecule is O=C1/C(=C\c2ccc(I)o2)SC(=S)N1c1cccc(Cl)c1. The van der Waals surface area contributed by atoms with Gasteiger partial charge in [0.1, 0.15) is 5.76 Å². The number of nitrogens with zero attached hydrogens (tertiary/aromatic N) is 1. The number of hydrogen-bond acceptors (Lipinski definition) is 4. The van der Waals surface area contributed by atoms with Gasteiger partial charge < -0.3 is 4.42 Å². The molecule has 1 aliphatic heterocycles. The van der Waals surface area contributed by atoms with Crippen LogP contribution in [0.25, 0.3) is 6.08 Å². The van der Waals surface area contributed by atoms with Crippen molar-refractivity contribution in [3.05, 3.63) is 55.9 Å². The maximum absolute atomic E-state index is 12.5. The van der Waals surface area contributed by atoms with Crippen molar-refractivity contribution in [2.45, 2.75) is 0 Å². The van der Waals surface area contributed by atoms with Gasteiger partial charge >= 0.3 is 0 Å². The van der Waals surface area contributed by atoms with Crippen molar-refractivity contribution in [3.8, 4) is 0 Å². The van der Waals surface area contributed by atoms with Crippen LogP contribution in [0, 0.1) is 3.77 Å². The molecule has 1 aliphatic rings. The first-order chi connectivity index (χ1) is 10.0. The van der Waals surface area contributed by atoms with E-state index in [1.165, 1.54) is 16.7 Å². The summed E-state index contributed by atoms with van der Waals surface area (Å²) in [6, 6.07) is 10.7. The fraction of sp³-hybridized carbons (Fsp3) is 0. The number of carbonyl (C=O) groups excluding carboxylic acids is 1. The molecule has 0 N–H and O–H groups in total. The van der Waals surface area contributed by atoms with E-state index in [-0.39, 0.29) is 5.91 Å². The van der Waals surface area contributed by atoms with Crippen molar-refractivity contribution in [1.82, 2.24) is 0 Å². The first-order valence-electron chi connectivity index (χ1n) is 5.83. The van der Waals surface area contributed by atoms with Gasteiger partial charge in [-0.15, -0.1) is 0 Å². The van der Waals surface area contributed by atoms with Gasteiger partial charge in [-0.1, -0.05) is 41.6 Å². The molecule has 106 valence electrons. The van der Waals surface area contributed by atoms with Crippen molar-refractivity contribution in [3.63, 3.8) is 0 Å². The maximum atomic E-state index is 12.5. The Morgan fingerprint density at radius 1 is 1.33 bits per heavy atom. The molecule has 3 nitrogen and oxygen atoms in total. The van der Waals surface area contributed by atoms with E-state index >= 15 is 0 Å². The molecular weight excluding hydrogens is 441 g/mol. The molecule has 3 rings (SSSR count). The standard InChI is InChI=1S/C14H7ClINO2S2/c15-8-2-1-3-9(6-8)17-13(18)11(21-14(17)20)7-10-4-5-12(16)19-10/h1-7H/b11-7+. The highest BCUT2D eigenvalue weighted by atomic mass is 127. The molecule has 7 heteroatoms. The molecule has 0 saturated carbocycles. The third-order valence-electron chi connectivity index (χ3n) is 2.73. The number of amides is 1. The lowest BCUT2D eigenvalue weighted by molar-refractivity contribution is -0.113. The van der Waals surface area contributed by atoms with Gasteiger partial charge in [-0.3, -0.25) is 9.69 Å². The highest BCUT2D eigenvalue weighted by Crippen LogP contribution is 2.36. The smallest absolute Gasteiger partial charge is 0.270 e. The Hall–Kier alpha value is -0.830. The summed E-state index contributed by atoms with van der Waals surface area (Å²) in [5, 5.41) is 0.561. The molecule has 1 saturated heterocycles. The predicted molar refractivity (Wildman–Crippen MR) is 98.5 cm³/mol. The Morgan fingerprint density at radius 3 is 2.81 bits per heavy atom. The van der Waals surface area contributed by atoms with Crippen molar-refractivity contribution >= 4 is 80.2 Å². The molecule has 21 heavy (non-hydrogen) atoms. The van der Waals surface area contributed by atoms with E-state index in [9.17, 15) is 4.79 Å². The quantitative estimate of drug-likeness (QED) is 0.371. The zero-order valence-corrected chi connectivity index (χ0v) is 14.9. The largest absolute Gasteiger partial charge is 0.451 e. The van der Waals surface area contributed by atoms with Gasteiger partial charge in [0.2, 0.25) is 0 Å². The first kappa shape index (κ1) is 15.1. The lowest BCUT2D eigenvalue weighted by Gasteiger charge is -2.14. The van der Waals surface area contributed by atoms with E-state index in [1.807, 2.05) is 12.1 Å². The van der Waals surface area contributed by atoms with E-state index < -0.39 is 0 Å². The summed E-state index contributed by atoms with van der Waals surface area (Å²) in [6.45, 7) is 0. The minimum atomic E-state index is -0.168. The van der Waals surface area contributed by atoms with Gasteiger partial charge in [0, 0.05) is 11.1 Å². The van der Waals surface area contributed by atoms with Crippen LogP contribution in [0.15, 0.2) is 45.7 Å². The molecule has 1 aromatic heterocycles. The Bertz CT molecular complexity index is 772. The molecule has 0 radical (unpaired) electrons. The summed E-state index contributed by atoms with van der Waals surface area (Å²) < 4.78 is 6.70. The number of thiocarbonyl (C=S) groups is 1. The minimum absolute atomic E-state index is 0.168.